The number of benzene rings is 1. The summed E-state index contributed by atoms with van der Waals surface area (Å²) in [6.07, 6.45) is 3.02. The smallest absolute Gasteiger partial charge is 0.166 e. The van der Waals surface area contributed by atoms with Gasteiger partial charge in [-0.3, -0.25) is 0 Å². The van der Waals surface area contributed by atoms with Crippen molar-refractivity contribution in [3.63, 3.8) is 0 Å². The number of aromatic nitrogens is 2. The van der Waals surface area contributed by atoms with E-state index in [1.54, 1.807) is 7.11 Å². The van der Waals surface area contributed by atoms with Gasteiger partial charge in [0.2, 0.25) is 0 Å². The van der Waals surface area contributed by atoms with E-state index >= 15 is 0 Å². The second-order valence-corrected chi connectivity index (χ2v) is 4.32. The molecule has 90 valence electrons. The van der Waals surface area contributed by atoms with Crippen LogP contribution in [0.15, 0.2) is 24.3 Å². The molecule has 0 aliphatic heterocycles. The van der Waals surface area contributed by atoms with Gasteiger partial charge in [-0.15, -0.1) is 0 Å². The molecule has 0 radical (unpaired) electrons. The lowest BCUT2D eigenvalue weighted by Crippen LogP contribution is -2.03. The molecule has 0 unspecified atom stereocenters. The maximum Gasteiger partial charge on any atom is 0.166 e. The monoisotopic (exact) mass is 239 g/mol. The van der Waals surface area contributed by atoms with Gasteiger partial charge in [-0.05, 0) is 31.4 Å². The van der Waals surface area contributed by atoms with Crippen LogP contribution in [-0.2, 0) is 12.8 Å². The standard InChI is InChI=1S/C14H13N3O/c1-18-14-8-3-2-6-13(14)17-12-7-4-5-10(12)11(9-15)16-17/h2-3,6,8H,4-5,7H2,1H3. The SMILES string of the molecule is COc1ccccc1-n1nc(C#N)c2c1CCC2. The summed E-state index contributed by atoms with van der Waals surface area (Å²) in [5, 5.41) is 13.5. The molecule has 4 heteroatoms. The summed E-state index contributed by atoms with van der Waals surface area (Å²) in [5.41, 5.74) is 3.70. The number of nitrogens with zero attached hydrogens (tertiary/aromatic N) is 3. The van der Waals surface area contributed by atoms with Gasteiger partial charge in [0, 0.05) is 11.3 Å². The molecule has 4 nitrogen and oxygen atoms in total. The second-order valence-electron chi connectivity index (χ2n) is 4.32. The van der Waals surface area contributed by atoms with Crippen LogP contribution in [0.5, 0.6) is 5.75 Å². The average Bonchev–Trinajstić information content (AvgIpc) is 3.00. The summed E-state index contributed by atoms with van der Waals surface area (Å²) in [6.45, 7) is 0. The highest BCUT2D eigenvalue weighted by molar-refractivity contribution is 5.50. The molecule has 0 saturated heterocycles. The van der Waals surface area contributed by atoms with Gasteiger partial charge in [-0.2, -0.15) is 10.4 Å². The van der Waals surface area contributed by atoms with Crippen LogP contribution in [0, 0.1) is 11.3 Å². The predicted octanol–water partition coefficient (Wildman–Crippen LogP) is 2.24. The highest BCUT2D eigenvalue weighted by Crippen LogP contribution is 2.30. The maximum atomic E-state index is 9.13. The van der Waals surface area contributed by atoms with Crippen molar-refractivity contribution in [3.8, 4) is 17.5 Å². The van der Waals surface area contributed by atoms with E-state index < -0.39 is 0 Å². The highest BCUT2D eigenvalue weighted by Gasteiger charge is 2.24. The molecule has 1 aliphatic rings. The Morgan fingerprint density at radius 2 is 2.17 bits per heavy atom. The number of hydrogen-bond donors (Lipinski definition) is 0. The fourth-order valence-corrected chi connectivity index (χ4v) is 2.53. The molecule has 1 heterocycles. The third-order valence-electron chi connectivity index (χ3n) is 3.35. The Kier molecular flexibility index (Phi) is 2.52. The first-order valence-corrected chi connectivity index (χ1v) is 5.99. The van der Waals surface area contributed by atoms with Gasteiger partial charge in [0.1, 0.15) is 17.5 Å². The van der Waals surface area contributed by atoms with Crippen LogP contribution in [0.4, 0.5) is 0 Å². The van der Waals surface area contributed by atoms with Crippen LogP contribution in [-0.4, -0.2) is 16.9 Å². The van der Waals surface area contributed by atoms with Crippen LogP contribution in [0.3, 0.4) is 0 Å². The topological polar surface area (TPSA) is 50.8 Å². The Labute approximate surface area is 105 Å². The van der Waals surface area contributed by atoms with Crippen LogP contribution in [0.25, 0.3) is 5.69 Å². The number of methoxy groups -OCH3 is 1. The predicted molar refractivity (Wildman–Crippen MR) is 66.9 cm³/mol. The summed E-state index contributed by atoms with van der Waals surface area (Å²) in [5.74, 6) is 0.777. The second kappa shape index (κ2) is 4.19. The number of hydrogen-bond acceptors (Lipinski definition) is 3. The molecule has 0 saturated carbocycles. The fourth-order valence-electron chi connectivity index (χ4n) is 2.53. The normalized spacial score (nSPS) is 13.1. The summed E-state index contributed by atoms with van der Waals surface area (Å²) in [4.78, 5) is 0. The van der Waals surface area contributed by atoms with E-state index in [0.29, 0.717) is 5.69 Å². The van der Waals surface area contributed by atoms with Gasteiger partial charge < -0.3 is 4.74 Å². The molecule has 0 bridgehead atoms. The van der Waals surface area contributed by atoms with Crippen molar-refractivity contribution in [2.24, 2.45) is 0 Å². The molecule has 1 aliphatic carbocycles. The molecular formula is C14H13N3O. The lowest BCUT2D eigenvalue weighted by Gasteiger charge is -2.10. The first-order chi connectivity index (χ1) is 8.85. The lowest BCUT2D eigenvalue weighted by molar-refractivity contribution is 0.411. The van der Waals surface area contributed by atoms with Crippen molar-refractivity contribution < 1.29 is 4.74 Å². The zero-order valence-corrected chi connectivity index (χ0v) is 10.2. The number of ether oxygens (including phenoxy) is 1. The Balaban J connectivity index is 2.21. The van der Waals surface area contributed by atoms with E-state index in [9.17, 15) is 0 Å². The van der Waals surface area contributed by atoms with Crippen LogP contribution in [0.1, 0.15) is 23.4 Å². The van der Waals surface area contributed by atoms with E-state index in [2.05, 4.69) is 11.2 Å². The minimum Gasteiger partial charge on any atom is -0.494 e. The number of para-hydroxylation sites is 2. The Morgan fingerprint density at radius 1 is 1.33 bits per heavy atom. The molecule has 0 amide bonds. The van der Waals surface area contributed by atoms with Gasteiger partial charge in [-0.25, -0.2) is 4.68 Å². The van der Waals surface area contributed by atoms with Crippen molar-refractivity contribution in [3.05, 3.63) is 41.2 Å². The Hall–Kier alpha value is -2.28. The molecule has 3 rings (SSSR count). The number of rotatable bonds is 2. The molecule has 1 aromatic heterocycles. The van der Waals surface area contributed by atoms with Gasteiger partial charge in [0.05, 0.1) is 7.11 Å². The van der Waals surface area contributed by atoms with E-state index in [1.807, 2.05) is 28.9 Å². The van der Waals surface area contributed by atoms with Gasteiger partial charge in [0.25, 0.3) is 0 Å². The molecule has 2 aromatic rings. The Bertz CT molecular complexity index is 637. The van der Waals surface area contributed by atoms with Gasteiger partial charge in [0.15, 0.2) is 5.69 Å². The first-order valence-electron chi connectivity index (χ1n) is 5.99. The van der Waals surface area contributed by atoms with E-state index in [-0.39, 0.29) is 0 Å². The third-order valence-corrected chi connectivity index (χ3v) is 3.35. The van der Waals surface area contributed by atoms with Gasteiger partial charge in [-0.1, -0.05) is 12.1 Å². The van der Waals surface area contributed by atoms with E-state index in [0.717, 1.165) is 42.0 Å². The van der Waals surface area contributed by atoms with Crippen LogP contribution >= 0.6 is 0 Å². The Morgan fingerprint density at radius 3 is 2.94 bits per heavy atom. The van der Waals surface area contributed by atoms with E-state index in [4.69, 9.17) is 10.00 Å². The average molecular weight is 239 g/mol. The quantitative estimate of drug-likeness (QED) is 0.807. The van der Waals surface area contributed by atoms with Crippen LogP contribution < -0.4 is 4.74 Å². The zero-order chi connectivity index (χ0) is 12.5. The molecule has 0 atom stereocenters. The molecule has 0 fully saturated rings. The minimum atomic E-state index is 0.549. The van der Waals surface area contributed by atoms with E-state index in [1.165, 1.54) is 0 Å². The lowest BCUT2D eigenvalue weighted by atomic mass is 10.2. The molecule has 0 N–H and O–H groups in total. The largest absolute Gasteiger partial charge is 0.494 e. The van der Waals surface area contributed by atoms with Crippen molar-refractivity contribution in [1.29, 1.82) is 5.26 Å². The zero-order valence-electron chi connectivity index (χ0n) is 10.2. The van der Waals surface area contributed by atoms with Gasteiger partial charge >= 0.3 is 0 Å². The third kappa shape index (κ3) is 1.48. The summed E-state index contributed by atoms with van der Waals surface area (Å²) in [7, 11) is 1.65. The highest BCUT2D eigenvalue weighted by atomic mass is 16.5. The minimum absolute atomic E-state index is 0.549. The number of nitriles is 1. The molecular weight excluding hydrogens is 226 g/mol. The summed E-state index contributed by atoms with van der Waals surface area (Å²) < 4.78 is 7.22. The maximum absolute atomic E-state index is 9.13. The first kappa shape index (κ1) is 10.8. The van der Waals surface area contributed by atoms with Crippen molar-refractivity contribution >= 4 is 0 Å². The molecule has 0 spiro atoms. The molecule has 1 aromatic carbocycles. The van der Waals surface area contributed by atoms with Crippen LogP contribution in [0.2, 0.25) is 0 Å². The van der Waals surface area contributed by atoms with Crippen molar-refractivity contribution in [2.45, 2.75) is 19.3 Å². The summed E-state index contributed by atoms with van der Waals surface area (Å²) >= 11 is 0. The number of fused-ring (bicyclic) bond motifs is 1. The van der Waals surface area contributed by atoms with Crippen molar-refractivity contribution in [2.75, 3.05) is 7.11 Å². The van der Waals surface area contributed by atoms with Crippen molar-refractivity contribution in [1.82, 2.24) is 9.78 Å². The summed E-state index contributed by atoms with van der Waals surface area (Å²) in [6, 6.07) is 9.93. The molecule has 18 heavy (non-hydrogen) atoms. The fraction of sp³-hybridized carbons (Fsp3) is 0.286.